The normalized spacial score (nSPS) is 14.7. The van der Waals surface area contributed by atoms with Crippen LogP contribution >= 0.6 is 0 Å². The molecule has 2 aliphatic carbocycles. The molecule has 0 atom stereocenters. The van der Waals surface area contributed by atoms with E-state index in [-0.39, 0.29) is 10.8 Å². The highest BCUT2D eigenvalue weighted by Crippen LogP contribution is 2.57. The molecule has 8 aromatic rings. The third-order valence-corrected chi connectivity index (χ3v) is 11.5. The van der Waals surface area contributed by atoms with Gasteiger partial charge in [-0.25, -0.2) is 0 Å². The molecule has 0 bridgehead atoms. The first kappa shape index (κ1) is 29.1. The van der Waals surface area contributed by atoms with Gasteiger partial charge in [-0.3, -0.25) is 0 Å². The van der Waals surface area contributed by atoms with Gasteiger partial charge in [0.25, 0.3) is 0 Å². The van der Waals surface area contributed by atoms with Gasteiger partial charge >= 0.3 is 0 Å². The van der Waals surface area contributed by atoms with Crippen LogP contribution in [0.15, 0.2) is 156 Å². The quantitative estimate of drug-likeness (QED) is 0.190. The Bertz CT molecular complexity index is 2660. The average molecular weight is 644 g/mol. The monoisotopic (exact) mass is 643 g/mol. The zero-order valence-corrected chi connectivity index (χ0v) is 28.8. The summed E-state index contributed by atoms with van der Waals surface area (Å²) in [4.78, 5) is 2.51. The van der Waals surface area contributed by atoms with Gasteiger partial charge in [-0.15, -0.1) is 0 Å². The number of fused-ring (bicyclic) bond motifs is 9. The van der Waals surface area contributed by atoms with Crippen LogP contribution in [0, 0.1) is 0 Å². The van der Waals surface area contributed by atoms with Gasteiger partial charge in [-0.1, -0.05) is 143 Å². The lowest BCUT2D eigenvalue weighted by Gasteiger charge is -2.31. The molecule has 0 N–H and O–H groups in total. The van der Waals surface area contributed by atoms with E-state index in [2.05, 4.69) is 184 Å². The van der Waals surface area contributed by atoms with Gasteiger partial charge in [-0.05, 0) is 80.9 Å². The van der Waals surface area contributed by atoms with Crippen molar-refractivity contribution in [3.8, 4) is 33.4 Å². The number of nitrogens with zero attached hydrogens (tertiary/aromatic N) is 1. The Morgan fingerprint density at radius 3 is 1.90 bits per heavy atom. The lowest BCUT2D eigenvalue weighted by atomic mass is 9.82. The summed E-state index contributed by atoms with van der Waals surface area (Å²) >= 11 is 0. The molecule has 50 heavy (non-hydrogen) atoms. The molecule has 10 rings (SSSR count). The van der Waals surface area contributed by atoms with Crippen molar-refractivity contribution in [3.05, 3.63) is 174 Å². The zero-order valence-electron chi connectivity index (χ0n) is 28.8. The highest BCUT2D eigenvalue weighted by atomic mass is 16.3. The van der Waals surface area contributed by atoms with Crippen molar-refractivity contribution in [2.45, 2.75) is 38.5 Å². The second-order valence-electron chi connectivity index (χ2n) is 14.9. The van der Waals surface area contributed by atoms with Crippen LogP contribution in [-0.4, -0.2) is 0 Å². The molecule has 2 nitrogen and oxygen atoms in total. The number of hydrogen-bond acceptors (Lipinski definition) is 2. The molecule has 0 amide bonds. The lowest BCUT2D eigenvalue weighted by Crippen LogP contribution is -2.17. The standard InChI is InChI=1S/C48H37NO/c1-47(2)38-21-12-9-18-35(38)44-39(47)22-14-23-41(44)49(31-25-26-34-33-17-8-11-20-37(33)48(3,4)40(34)29-31)42-28-27-32(30-15-6-5-7-16-30)46-45(42)36-19-10-13-24-43(36)50-46/h5-29H,1-4H3. The smallest absolute Gasteiger partial charge is 0.145 e. The maximum atomic E-state index is 6.81. The minimum Gasteiger partial charge on any atom is -0.455 e. The Balaban J connectivity index is 1.31. The highest BCUT2D eigenvalue weighted by molar-refractivity contribution is 6.17. The molecule has 1 aromatic heterocycles. The third-order valence-electron chi connectivity index (χ3n) is 11.5. The van der Waals surface area contributed by atoms with Crippen molar-refractivity contribution in [2.24, 2.45) is 0 Å². The summed E-state index contributed by atoms with van der Waals surface area (Å²) in [6.45, 7) is 9.44. The van der Waals surface area contributed by atoms with Gasteiger partial charge in [0.15, 0.2) is 0 Å². The van der Waals surface area contributed by atoms with Crippen molar-refractivity contribution >= 4 is 39.0 Å². The topological polar surface area (TPSA) is 16.4 Å². The fourth-order valence-corrected chi connectivity index (χ4v) is 9.00. The average Bonchev–Trinajstić information content (AvgIpc) is 3.73. The van der Waals surface area contributed by atoms with Gasteiger partial charge in [0.2, 0.25) is 0 Å². The second kappa shape index (κ2) is 10.3. The van der Waals surface area contributed by atoms with E-state index >= 15 is 0 Å². The van der Waals surface area contributed by atoms with E-state index in [1.54, 1.807) is 0 Å². The minimum absolute atomic E-state index is 0.121. The van der Waals surface area contributed by atoms with E-state index in [1.165, 1.54) is 50.2 Å². The van der Waals surface area contributed by atoms with Crippen molar-refractivity contribution in [3.63, 3.8) is 0 Å². The van der Waals surface area contributed by atoms with Crippen LogP contribution < -0.4 is 4.90 Å². The van der Waals surface area contributed by atoms with Crippen molar-refractivity contribution < 1.29 is 4.42 Å². The van der Waals surface area contributed by atoms with E-state index in [1.807, 2.05) is 0 Å². The number of furan rings is 1. The van der Waals surface area contributed by atoms with Crippen LogP contribution in [0.5, 0.6) is 0 Å². The largest absolute Gasteiger partial charge is 0.455 e. The van der Waals surface area contributed by atoms with Gasteiger partial charge in [0.05, 0.1) is 16.8 Å². The maximum Gasteiger partial charge on any atom is 0.145 e. The molecule has 2 heteroatoms. The molecule has 240 valence electrons. The molecule has 0 saturated heterocycles. The number of hydrogen-bond donors (Lipinski definition) is 0. The molecular formula is C48H37NO. The molecule has 0 aliphatic heterocycles. The molecule has 0 spiro atoms. The summed E-state index contributed by atoms with van der Waals surface area (Å²) in [5, 5.41) is 2.23. The molecule has 0 unspecified atom stereocenters. The number of rotatable bonds is 4. The molecule has 7 aromatic carbocycles. The summed E-state index contributed by atoms with van der Waals surface area (Å²) in [6, 6.07) is 55.5. The number of benzene rings is 7. The van der Waals surface area contributed by atoms with Crippen LogP contribution in [-0.2, 0) is 10.8 Å². The van der Waals surface area contributed by atoms with E-state index in [0.29, 0.717) is 0 Å². The molecular weight excluding hydrogens is 607 g/mol. The first-order chi connectivity index (χ1) is 24.3. The Kier molecular flexibility index (Phi) is 6.01. The molecule has 0 saturated carbocycles. The predicted octanol–water partition coefficient (Wildman–Crippen LogP) is 13.3. The van der Waals surface area contributed by atoms with Crippen molar-refractivity contribution in [1.29, 1.82) is 0 Å². The van der Waals surface area contributed by atoms with Crippen LogP contribution in [0.4, 0.5) is 17.1 Å². The lowest BCUT2D eigenvalue weighted by molar-refractivity contribution is 0.660. The number of para-hydroxylation sites is 1. The Labute approximate surface area is 293 Å². The summed E-state index contributed by atoms with van der Waals surface area (Å²) in [7, 11) is 0. The summed E-state index contributed by atoms with van der Waals surface area (Å²) < 4.78 is 6.81. The maximum absolute atomic E-state index is 6.81. The summed E-state index contributed by atoms with van der Waals surface area (Å²) in [5.41, 5.74) is 17.9. The van der Waals surface area contributed by atoms with Gasteiger partial charge in [0.1, 0.15) is 11.2 Å². The van der Waals surface area contributed by atoms with E-state index in [9.17, 15) is 0 Å². The molecule has 2 aliphatic rings. The van der Waals surface area contributed by atoms with Gasteiger partial charge in [-0.2, -0.15) is 0 Å². The fraction of sp³-hybridized carbons (Fsp3) is 0.125. The van der Waals surface area contributed by atoms with Crippen molar-refractivity contribution in [2.75, 3.05) is 4.90 Å². The molecule has 0 fully saturated rings. The van der Waals surface area contributed by atoms with Crippen LogP contribution in [0.2, 0.25) is 0 Å². The predicted molar refractivity (Wildman–Crippen MR) is 209 cm³/mol. The van der Waals surface area contributed by atoms with Crippen LogP contribution in [0.3, 0.4) is 0 Å². The Morgan fingerprint density at radius 1 is 0.460 bits per heavy atom. The van der Waals surface area contributed by atoms with E-state index in [0.717, 1.165) is 44.4 Å². The SMILES string of the molecule is CC1(C)c2ccccc2-c2ccc(N(c3cccc4c3-c3ccccc3C4(C)C)c3ccc(-c4ccccc4)c4oc5ccccc5c34)cc21. The molecule has 1 heterocycles. The first-order valence-electron chi connectivity index (χ1n) is 17.6. The third kappa shape index (κ3) is 3.91. The van der Waals surface area contributed by atoms with Gasteiger partial charge < -0.3 is 9.32 Å². The Hall–Kier alpha value is -5.86. The van der Waals surface area contributed by atoms with E-state index in [4.69, 9.17) is 4.42 Å². The van der Waals surface area contributed by atoms with Gasteiger partial charge in [0, 0.05) is 33.0 Å². The van der Waals surface area contributed by atoms with Crippen LogP contribution in [0.25, 0.3) is 55.3 Å². The van der Waals surface area contributed by atoms with E-state index < -0.39 is 0 Å². The minimum atomic E-state index is -0.129. The highest BCUT2D eigenvalue weighted by Gasteiger charge is 2.39. The molecule has 0 radical (unpaired) electrons. The zero-order chi connectivity index (χ0) is 33.8. The number of anilines is 3. The van der Waals surface area contributed by atoms with Crippen LogP contribution in [0.1, 0.15) is 49.9 Å². The summed E-state index contributed by atoms with van der Waals surface area (Å²) in [6.07, 6.45) is 0. The van der Waals surface area contributed by atoms with Crippen molar-refractivity contribution in [1.82, 2.24) is 0 Å². The first-order valence-corrected chi connectivity index (χ1v) is 17.6. The summed E-state index contributed by atoms with van der Waals surface area (Å²) in [5.74, 6) is 0. The Morgan fingerprint density at radius 2 is 1.08 bits per heavy atom. The fourth-order valence-electron chi connectivity index (χ4n) is 9.00. The second-order valence-corrected chi connectivity index (χ2v) is 14.9.